The molecule has 2 aromatic carbocycles. The van der Waals surface area contributed by atoms with Crippen LogP contribution in [0.1, 0.15) is 17.3 Å². The van der Waals surface area contributed by atoms with Crippen LogP contribution in [0.15, 0.2) is 42.5 Å². The summed E-state index contributed by atoms with van der Waals surface area (Å²) in [5.41, 5.74) is 1.35. The topological polar surface area (TPSA) is 77.1 Å². The van der Waals surface area contributed by atoms with Crippen LogP contribution in [0.5, 0.6) is 5.75 Å². The van der Waals surface area contributed by atoms with Crippen molar-refractivity contribution in [3.8, 4) is 5.75 Å². The lowest BCUT2D eigenvalue weighted by molar-refractivity contribution is -0.123. The van der Waals surface area contributed by atoms with E-state index in [0.717, 1.165) is 24.8 Å². The predicted molar refractivity (Wildman–Crippen MR) is 106 cm³/mol. The Morgan fingerprint density at radius 3 is 2.45 bits per heavy atom. The first kappa shape index (κ1) is 20.6. The average Bonchev–Trinajstić information content (AvgIpc) is 2.74. The van der Waals surface area contributed by atoms with E-state index in [4.69, 9.17) is 14.2 Å². The predicted octanol–water partition coefficient (Wildman–Crippen LogP) is 2.85. The van der Waals surface area contributed by atoms with Crippen molar-refractivity contribution in [3.63, 3.8) is 0 Å². The molecule has 1 aliphatic rings. The van der Waals surface area contributed by atoms with E-state index in [2.05, 4.69) is 10.2 Å². The van der Waals surface area contributed by atoms with Crippen molar-refractivity contribution in [1.29, 1.82) is 0 Å². The summed E-state index contributed by atoms with van der Waals surface area (Å²) in [5, 5.41) is 2.69. The van der Waals surface area contributed by atoms with Crippen LogP contribution in [-0.4, -0.2) is 51.4 Å². The van der Waals surface area contributed by atoms with Crippen LogP contribution in [-0.2, 0) is 14.3 Å². The fourth-order valence-corrected chi connectivity index (χ4v) is 2.89. The van der Waals surface area contributed by atoms with Crippen LogP contribution in [0.2, 0.25) is 0 Å². The monoisotopic (exact) mass is 402 g/mol. The van der Waals surface area contributed by atoms with Gasteiger partial charge in [-0.1, -0.05) is 0 Å². The fraction of sp³-hybridized carbons (Fsp3) is 0.333. The molecule has 1 atom stereocenters. The third kappa shape index (κ3) is 5.23. The lowest BCUT2D eigenvalue weighted by atomic mass is 10.2. The maximum atomic E-state index is 14.0. The second-order valence-electron chi connectivity index (χ2n) is 6.53. The van der Waals surface area contributed by atoms with E-state index < -0.39 is 23.8 Å². The van der Waals surface area contributed by atoms with E-state index in [0.29, 0.717) is 18.9 Å². The minimum absolute atomic E-state index is 0.264. The number of amides is 1. The molecule has 154 valence electrons. The molecule has 8 heteroatoms. The number of nitrogens with one attached hydrogen (secondary N) is 1. The lowest BCUT2D eigenvalue weighted by Crippen LogP contribution is -2.36. The van der Waals surface area contributed by atoms with Gasteiger partial charge in [0.1, 0.15) is 11.6 Å². The van der Waals surface area contributed by atoms with Crippen molar-refractivity contribution in [3.05, 3.63) is 53.8 Å². The summed E-state index contributed by atoms with van der Waals surface area (Å²) < 4.78 is 29.3. The summed E-state index contributed by atoms with van der Waals surface area (Å²) in [7, 11) is 1.40. The SMILES string of the molecule is COc1ccc(C(=O)O[C@H](C)C(=O)Nc2ccc(N3CCOCC3)cc2)c(F)c1. The van der Waals surface area contributed by atoms with Crippen molar-refractivity contribution in [1.82, 2.24) is 0 Å². The van der Waals surface area contributed by atoms with Crippen LogP contribution >= 0.6 is 0 Å². The van der Waals surface area contributed by atoms with E-state index in [1.54, 1.807) is 12.1 Å². The molecule has 1 N–H and O–H groups in total. The van der Waals surface area contributed by atoms with E-state index >= 15 is 0 Å². The van der Waals surface area contributed by atoms with E-state index in [9.17, 15) is 14.0 Å². The molecule has 0 spiro atoms. The zero-order valence-electron chi connectivity index (χ0n) is 16.3. The summed E-state index contributed by atoms with van der Waals surface area (Å²) >= 11 is 0. The van der Waals surface area contributed by atoms with Crippen molar-refractivity contribution in [2.45, 2.75) is 13.0 Å². The van der Waals surface area contributed by atoms with Crippen molar-refractivity contribution in [2.24, 2.45) is 0 Å². The number of benzene rings is 2. The highest BCUT2D eigenvalue weighted by Crippen LogP contribution is 2.20. The van der Waals surface area contributed by atoms with Gasteiger partial charge < -0.3 is 24.4 Å². The molecule has 1 saturated heterocycles. The standard InChI is InChI=1S/C21H23FN2O5/c1-14(29-21(26)18-8-7-17(27-2)13-19(18)22)20(25)23-15-3-5-16(6-4-15)24-9-11-28-12-10-24/h3-8,13-14H,9-12H2,1-2H3,(H,23,25)/t14-/m1/s1. The van der Waals surface area contributed by atoms with Gasteiger partial charge >= 0.3 is 5.97 Å². The molecule has 2 aromatic rings. The van der Waals surface area contributed by atoms with Crippen LogP contribution in [0.3, 0.4) is 0 Å². The molecule has 1 amide bonds. The smallest absolute Gasteiger partial charge is 0.341 e. The summed E-state index contributed by atoms with van der Waals surface area (Å²) in [4.78, 5) is 26.7. The van der Waals surface area contributed by atoms with Gasteiger partial charge in [-0.05, 0) is 43.3 Å². The molecule has 0 bridgehead atoms. The maximum Gasteiger partial charge on any atom is 0.341 e. The molecule has 0 aromatic heterocycles. The number of rotatable bonds is 6. The molecular weight excluding hydrogens is 379 g/mol. The van der Waals surface area contributed by atoms with Gasteiger partial charge in [0.05, 0.1) is 25.9 Å². The quantitative estimate of drug-likeness (QED) is 0.749. The molecule has 29 heavy (non-hydrogen) atoms. The first-order valence-corrected chi connectivity index (χ1v) is 9.26. The third-order valence-electron chi connectivity index (χ3n) is 4.56. The number of morpholine rings is 1. The first-order chi connectivity index (χ1) is 14.0. The number of ether oxygens (including phenoxy) is 3. The van der Waals surface area contributed by atoms with Crippen LogP contribution < -0.4 is 15.0 Å². The normalized spacial score (nSPS) is 14.8. The number of hydrogen-bond acceptors (Lipinski definition) is 6. The average molecular weight is 402 g/mol. The number of nitrogens with zero attached hydrogens (tertiary/aromatic N) is 1. The molecule has 0 radical (unpaired) electrons. The third-order valence-corrected chi connectivity index (χ3v) is 4.56. The van der Waals surface area contributed by atoms with E-state index in [1.165, 1.54) is 26.2 Å². The van der Waals surface area contributed by atoms with Crippen molar-refractivity contribution >= 4 is 23.3 Å². The molecule has 3 rings (SSSR count). The van der Waals surface area contributed by atoms with Crippen LogP contribution in [0.25, 0.3) is 0 Å². The highest BCUT2D eigenvalue weighted by Gasteiger charge is 2.22. The van der Waals surface area contributed by atoms with Gasteiger partial charge in [-0.2, -0.15) is 0 Å². The van der Waals surface area contributed by atoms with Gasteiger partial charge in [0.15, 0.2) is 6.10 Å². The minimum atomic E-state index is -1.09. The van der Waals surface area contributed by atoms with Crippen molar-refractivity contribution < 1.29 is 28.2 Å². The van der Waals surface area contributed by atoms with Gasteiger partial charge in [-0.3, -0.25) is 4.79 Å². The Bertz CT molecular complexity index is 866. The van der Waals surface area contributed by atoms with Crippen LogP contribution in [0, 0.1) is 5.82 Å². The zero-order chi connectivity index (χ0) is 20.8. The number of carbonyl (C=O) groups excluding carboxylic acids is 2. The van der Waals surface area contributed by atoms with Crippen LogP contribution in [0.4, 0.5) is 15.8 Å². The second kappa shape index (κ2) is 9.38. The number of halogens is 1. The molecule has 1 heterocycles. The Labute approximate surface area is 168 Å². The zero-order valence-corrected chi connectivity index (χ0v) is 16.3. The summed E-state index contributed by atoms with van der Waals surface area (Å²) in [6, 6.07) is 11.2. The molecule has 7 nitrogen and oxygen atoms in total. The number of methoxy groups -OCH3 is 1. The second-order valence-corrected chi connectivity index (χ2v) is 6.53. The van der Waals surface area contributed by atoms with Gasteiger partial charge in [0.2, 0.25) is 0 Å². The lowest BCUT2D eigenvalue weighted by Gasteiger charge is -2.28. The Morgan fingerprint density at radius 2 is 1.83 bits per heavy atom. The molecule has 1 aliphatic heterocycles. The first-order valence-electron chi connectivity index (χ1n) is 9.26. The Balaban J connectivity index is 1.56. The molecular formula is C21H23FN2O5. The fourth-order valence-electron chi connectivity index (χ4n) is 2.89. The van der Waals surface area contributed by atoms with Gasteiger partial charge in [-0.15, -0.1) is 0 Å². The maximum absolute atomic E-state index is 14.0. The van der Waals surface area contributed by atoms with Gasteiger partial charge in [-0.25, -0.2) is 9.18 Å². The molecule has 1 fully saturated rings. The van der Waals surface area contributed by atoms with Gasteiger partial charge in [0, 0.05) is 30.5 Å². The number of anilines is 2. The van der Waals surface area contributed by atoms with E-state index in [1.807, 2.05) is 12.1 Å². The van der Waals surface area contributed by atoms with E-state index in [-0.39, 0.29) is 11.3 Å². The molecule has 0 unspecified atom stereocenters. The highest BCUT2D eigenvalue weighted by atomic mass is 19.1. The summed E-state index contributed by atoms with van der Waals surface area (Å²) in [6.07, 6.45) is -1.09. The Morgan fingerprint density at radius 1 is 1.14 bits per heavy atom. The Kier molecular flexibility index (Phi) is 6.66. The largest absolute Gasteiger partial charge is 0.497 e. The molecule has 0 saturated carbocycles. The highest BCUT2D eigenvalue weighted by molar-refractivity contribution is 5.97. The minimum Gasteiger partial charge on any atom is -0.497 e. The van der Waals surface area contributed by atoms with Gasteiger partial charge in [0.25, 0.3) is 5.91 Å². The summed E-state index contributed by atoms with van der Waals surface area (Å²) in [6.45, 7) is 4.45. The summed E-state index contributed by atoms with van der Waals surface area (Å²) in [5.74, 6) is -1.92. The molecule has 0 aliphatic carbocycles. The number of hydrogen-bond donors (Lipinski definition) is 1. The van der Waals surface area contributed by atoms with Crippen molar-refractivity contribution in [2.75, 3.05) is 43.6 Å². The number of esters is 1. The Hall–Kier alpha value is -3.13. The number of carbonyl (C=O) groups is 2.